The molecule has 0 aromatic carbocycles. The molecule has 0 spiro atoms. The summed E-state index contributed by atoms with van der Waals surface area (Å²) in [6.07, 6.45) is 8.31. The van der Waals surface area contributed by atoms with Crippen molar-refractivity contribution in [3.8, 4) is 0 Å². The molecule has 2 saturated carbocycles. The maximum absolute atomic E-state index is 12.3. The van der Waals surface area contributed by atoms with E-state index in [0.717, 1.165) is 19.3 Å². The second-order valence-electron chi connectivity index (χ2n) is 6.32. The highest BCUT2D eigenvalue weighted by Crippen LogP contribution is 2.36. The Morgan fingerprint density at radius 3 is 2.16 bits per heavy atom. The van der Waals surface area contributed by atoms with Gasteiger partial charge in [-0.05, 0) is 31.6 Å². The highest BCUT2D eigenvalue weighted by atomic mass is 16.4. The van der Waals surface area contributed by atoms with E-state index in [2.05, 4.69) is 5.32 Å². The minimum absolute atomic E-state index is 0.0244. The Balaban J connectivity index is 1.92. The van der Waals surface area contributed by atoms with E-state index in [-0.39, 0.29) is 17.9 Å². The van der Waals surface area contributed by atoms with Gasteiger partial charge in [0.05, 0.1) is 11.8 Å². The number of hydrogen-bond donors (Lipinski definition) is 2. The van der Waals surface area contributed by atoms with Crippen molar-refractivity contribution in [3.63, 3.8) is 0 Å². The van der Waals surface area contributed by atoms with Gasteiger partial charge in [-0.3, -0.25) is 9.59 Å². The van der Waals surface area contributed by atoms with E-state index in [0.29, 0.717) is 12.3 Å². The topological polar surface area (TPSA) is 66.4 Å². The standard InChI is InChI=1S/C15H25NO3/c1-10-8-12(13(9-10)15(18)19)14(17)16-11-6-4-2-3-5-7-11/h10-13H,2-9H2,1H3,(H,16,17)(H,18,19). The van der Waals surface area contributed by atoms with E-state index in [1.807, 2.05) is 6.92 Å². The first-order chi connectivity index (χ1) is 9.08. The lowest BCUT2D eigenvalue weighted by molar-refractivity contribution is -0.146. The molecule has 3 atom stereocenters. The van der Waals surface area contributed by atoms with E-state index in [1.54, 1.807) is 0 Å². The SMILES string of the molecule is CC1CC(C(=O)O)C(C(=O)NC2CCCCCC2)C1. The molecule has 0 aliphatic heterocycles. The average molecular weight is 267 g/mol. The van der Waals surface area contributed by atoms with Crippen molar-refractivity contribution < 1.29 is 14.7 Å². The van der Waals surface area contributed by atoms with Crippen LogP contribution >= 0.6 is 0 Å². The Bertz CT molecular complexity index is 334. The fourth-order valence-corrected chi connectivity index (χ4v) is 3.59. The zero-order valence-electron chi connectivity index (χ0n) is 11.7. The molecule has 108 valence electrons. The van der Waals surface area contributed by atoms with Gasteiger partial charge in [-0.15, -0.1) is 0 Å². The van der Waals surface area contributed by atoms with Crippen LogP contribution in [0.3, 0.4) is 0 Å². The molecule has 2 aliphatic carbocycles. The number of rotatable bonds is 3. The van der Waals surface area contributed by atoms with Crippen LogP contribution in [-0.4, -0.2) is 23.0 Å². The Labute approximate surface area is 115 Å². The maximum Gasteiger partial charge on any atom is 0.307 e. The van der Waals surface area contributed by atoms with Crippen LogP contribution < -0.4 is 5.32 Å². The first-order valence-electron chi connectivity index (χ1n) is 7.61. The fourth-order valence-electron chi connectivity index (χ4n) is 3.59. The van der Waals surface area contributed by atoms with Crippen molar-refractivity contribution in [3.05, 3.63) is 0 Å². The normalized spacial score (nSPS) is 32.8. The third-order valence-corrected chi connectivity index (χ3v) is 4.65. The fraction of sp³-hybridized carbons (Fsp3) is 0.867. The van der Waals surface area contributed by atoms with Gasteiger partial charge in [-0.25, -0.2) is 0 Å². The summed E-state index contributed by atoms with van der Waals surface area (Å²) in [5.74, 6) is -1.31. The van der Waals surface area contributed by atoms with Crippen molar-refractivity contribution >= 4 is 11.9 Å². The molecule has 1 amide bonds. The summed E-state index contributed by atoms with van der Waals surface area (Å²) >= 11 is 0. The number of carbonyl (C=O) groups excluding carboxylic acids is 1. The average Bonchev–Trinajstić information content (AvgIpc) is 2.58. The van der Waals surface area contributed by atoms with Gasteiger partial charge in [0.15, 0.2) is 0 Å². The first-order valence-corrected chi connectivity index (χ1v) is 7.61. The van der Waals surface area contributed by atoms with E-state index in [1.165, 1.54) is 25.7 Å². The molecule has 2 fully saturated rings. The van der Waals surface area contributed by atoms with E-state index < -0.39 is 11.9 Å². The number of carbonyl (C=O) groups is 2. The van der Waals surface area contributed by atoms with Gasteiger partial charge in [0.2, 0.25) is 5.91 Å². The van der Waals surface area contributed by atoms with Gasteiger partial charge in [0, 0.05) is 6.04 Å². The van der Waals surface area contributed by atoms with Crippen molar-refractivity contribution in [2.45, 2.75) is 64.3 Å². The predicted molar refractivity (Wildman–Crippen MR) is 72.6 cm³/mol. The van der Waals surface area contributed by atoms with E-state index in [9.17, 15) is 14.7 Å². The minimum Gasteiger partial charge on any atom is -0.481 e. The molecule has 3 unspecified atom stereocenters. The predicted octanol–water partition coefficient (Wildman–Crippen LogP) is 2.57. The quantitative estimate of drug-likeness (QED) is 0.772. The second-order valence-corrected chi connectivity index (χ2v) is 6.32. The zero-order valence-corrected chi connectivity index (χ0v) is 11.7. The van der Waals surface area contributed by atoms with E-state index in [4.69, 9.17) is 0 Å². The van der Waals surface area contributed by atoms with Crippen molar-refractivity contribution in [1.29, 1.82) is 0 Å². The summed E-state index contributed by atoms with van der Waals surface area (Å²) in [6.45, 7) is 2.04. The van der Waals surface area contributed by atoms with Crippen LogP contribution in [0.4, 0.5) is 0 Å². The molecule has 0 aromatic rings. The molecule has 2 aliphatic rings. The van der Waals surface area contributed by atoms with Gasteiger partial charge in [0.25, 0.3) is 0 Å². The molecular weight excluding hydrogens is 242 g/mol. The van der Waals surface area contributed by atoms with Crippen LogP contribution in [0.1, 0.15) is 58.3 Å². The molecular formula is C15H25NO3. The summed E-state index contributed by atoms with van der Waals surface area (Å²) in [5, 5.41) is 12.3. The second kappa shape index (κ2) is 6.40. The Hall–Kier alpha value is -1.06. The van der Waals surface area contributed by atoms with E-state index >= 15 is 0 Å². The lowest BCUT2D eigenvalue weighted by atomic mass is 9.94. The number of nitrogens with one attached hydrogen (secondary N) is 1. The van der Waals surface area contributed by atoms with Crippen molar-refractivity contribution in [2.75, 3.05) is 0 Å². The summed E-state index contributed by atoms with van der Waals surface area (Å²) in [7, 11) is 0. The smallest absolute Gasteiger partial charge is 0.307 e. The van der Waals surface area contributed by atoms with Gasteiger partial charge >= 0.3 is 5.97 Å². The summed E-state index contributed by atoms with van der Waals surface area (Å²) in [5.41, 5.74) is 0. The van der Waals surface area contributed by atoms with Gasteiger partial charge < -0.3 is 10.4 Å². The number of aliphatic carboxylic acids is 1. The van der Waals surface area contributed by atoms with Gasteiger partial charge in [-0.1, -0.05) is 32.6 Å². The molecule has 0 heterocycles. The third-order valence-electron chi connectivity index (χ3n) is 4.65. The van der Waals surface area contributed by atoms with Crippen LogP contribution in [0.5, 0.6) is 0 Å². The highest BCUT2D eigenvalue weighted by Gasteiger charge is 2.41. The largest absolute Gasteiger partial charge is 0.481 e. The number of amides is 1. The lowest BCUT2D eigenvalue weighted by Gasteiger charge is -2.21. The molecule has 2 rings (SSSR count). The molecule has 4 nitrogen and oxygen atoms in total. The Morgan fingerprint density at radius 2 is 1.58 bits per heavy atom. The molecule has 0 aromatic heterocycles. The first kappa shape index (κ1) is 14.4. The van der Waals surface area contributed by atoms with Gasteiger partial charge in [-0.2, -0.15) is 0 Å². The molecule has 0 radical (unpaired) electrons. The molecule has 0 bridgehead atoms. The van der Waals surface area contributed by atoms with Crippen LogP contribution in [-0.2, 0) is 9.59 Å². The van der Waals surface area contributed by atoms with Gasteiger partial charge in [0.1, 0.15) is 0 Å². The summed E-state index contributed by atoms with van der Waals surface area (Å²) in [4.78, 5) is 23.5. The van der Waals surface area contributed by atoms with Crippen LogP contribution in [0.15, 0.2) is 0 Å². The molecule has 2 N–H and O–H groups in total. The number of carboxylic acid groups (broad SMARTS) is 1. The third kappa shape index (κ3) is 3.71. The van der Waals surface area contributed by atoms with Crippen LogP contribution in [0, 0.1) is 17.8 Å². The number of hydrogen-bond acceptors (Lipinski definition) is 2. The minimum atomic E-state index is -0.814. The Kier molecular flexibility index (Phi) is 4.83. The molecule has 19 heavy (non-hydrogen) atoms. The summed E-state index contributed by atoms with van der Waals surface area (Å²) < 4.78 is 0. The maximum atomic E-state index is 12.3. The van der Waals surface area contributed by atoms with Crippen molar-refractivity contribution in [2.24, 2.45) is 17.8 Å². The highest BCUT2D eigenvalue weighted by molar-refractivity contribution is 5.85. The monoisotopic (exact) mass is 267 g/mol. The summed E-state index contributed by atoms with van der Waals surface area (Å²) in [6, 6.07) is 0.264. The van der Waals surface area contributed by atoms with Crippen LogP contribution in [0.2, 0.25) is 0 Å². The lowest BCUT2D eigenvalue weighted by Crippen LogP contribution is -2.41. The zero-order chi connectivity index (χ0) is 13.8. The Morgan fingerprint density at radius 1 is 1.00 bits per heavy atom. The molecule has 4 heteroatoms. The molecule has 0 saturated heterocycles. The number of carboxylic acids is 1. The van der Waals surface area contributed by atoms with Crippen LogP contribution in [0.25, 0.3) is 0 Å². The van der Waals surface area contributed by atoms with Crippen molar-refractivity contribution in [1.82, 2.24) is 5.32 Å².